The summed E-state index contributed by atoms with van der Waals surface area (Å²) in [5, 5.41) is 14.2. The Bertz CT molecular complexity index is 726. The number of nitro groups is 1. The molecule has 0 spiro atoms. The fourth-order valence-electron chi connectivity index (χ4n) is 2.23. The largest absolute Gasteiger partial charge is 0.366 e. The molecule has 2 rings (SSSR count). The monoisotopic (exact) mass is 313 g/mol. The van der Waals surface area contributed by atoms with Gasteiger partial charge in [-0.25, -0.2) is 0 Å². The second kappa shape index (κ2) is 6.91. The molecule has 23 heavy (non-hydrogen) atoms. The van der Waals surface area contributed by atoms with Crippen LogP contribution in [0.4, 0.5) is 17.1 Å². The number of primary amides is 1. The van der Waals surface area contributed by atoms with Crippen LogP contribution in [0.5, 0.6) is 0 Å². The zero-order valence-corrected chi connectivity index (χ0v) is 13.1. The van der Waals surface area contributed by atoms with Crippen LogP contribution in [0.25, 0.3) is 0 Å². The molecule has 3 N–H and O–H groups in total. The fraction of sp³-hybridized carbons (Fsp3) is 0.235. The van der Waals surface area contributed by atoms with E-state index in [2.05, 4.69) is 19.2 Å². The maximum absolute atomic E-state index is 11.2. The van der Waals surface area contributed by atoms with Gasteiger partial charge in [0.2, 0.25) is 5.91 Å². The van der Waals surface area contributed by atoms with E-state index in [-0.39, 0.29) is 11.3 Å². The molecule has 0 fully saturated rings. The van der Waals surface area contributed by atoms with E-state index in [0.29, 0.717) is 11.6 Å². The average molecular weight is 313 g/mol. The van der Waals surface area contributed by atoms with Crippen LogP contribution in [0.1, 0.15) is 42.1 Å². The number of nitrogens with two attached hydrogens (primary N) is 1. The Labute approximate surface area is 134 Å². The normalized spacial score (nSPS) is 11.7. The predicted octanol–water partition coefficient (Wildman–Crippen LogP) is 3.95. The highest BCUT2D eigenvalue weighted by Crippen LogP contribution is 2.29. The summed E-state index contributed by atoms with van der Waals surface area (Å²) < 4.78 is 0. The Morgan fingerprint density at radius 2 is 1.91 bits per heavy atom. The molecule has 0 unspecified atom stereocenters. The number of hydrogen-bond donors (Lipinski definition) is 2. The maximum atomic E-state index is 11.2. The van der Waals surface area contributed by atoms with Crippen molar-refractivity contribution >= 4 is 23.0 Å². The number of carbonyl (C=O) groups is 1. The third-order valence-corrected chi connectivity index (χ3v) is 3.85. The number of carbonyl (C=O) groups excluding carboxylic acids is 1. The van der Waals surface area contributed by atoms with Gasteiger partial charge >= 0.3 is 0 Å². The number of nitrogens with one attached hydrogen (secondary N) is 1. The standard InChI is InChI=1S/C17H19N3O3/c1-3-11(2)12-4-7-14(8-5-12)19-15-9-6-13(17(18)21)10-16(15)20(22)23/h4-11,19H,3H2,1-2H3,(H2,18,21)/t11-/m1/s1. The highest BCUT2D eigenvalue weighted by molar-refractivity contribution is 5.94. The predicted molar refractivity (Wildman–Crippen MR) is 90.0 cm³/mol. The molecule has 6 heteroatoms. The number of benzene rings is 2. The Morgan fingerprint density at radius 1 is 1.26 bits per heavy atom. The van der Waals surface area contributed by atoms with Crippen molar-refractivity contribution in [2.75, 3.05) is 5.32 Å². The van der Waals surface area contributed by atoms with Gasteiger partial charge in [-0.3, -0.25) is 14.9 Å². The Balaban J connectivity index is 2.29. The van der Waals surface area contributed by atoms with Crippen molar-refractivity contribution in [1.82, 2.24) is 0 Å². The van der Waals surface area contributed by atoms with Gasteiger partial charge in [0.1, 0.15) is 5.69 Å². The van der Waals surface area contributed by atoms with E-state index in [1.807, 2.05) is 24.3 Å². The lowest BCUT2D eigenvalue weighted by atomic mass is 9.98. The van der Waals surface area contributed by atoms with Gasteiger partial charge < -0.3 is 11.1 Å². The summed E-state index contributed by atoms with van der Waals surface area (Å²) in [5.41, 5.74) is 7.36. The van der Waals surface area contributed by atoms with Crippen LogP contribution < -0.4 is 11.1 Å². The molecule has 0 aliphatic carbocycles. The van der Waals surface area contributed by atoms with Crippen LogP contribution in [0.15, 0.2) is 42.5 Å². The highest BCUT2D eigenvalue weighted by atomic mass is 16.6. The van der Waals surface area contributed by atoms with Gasteiger partial charge in [-0.05, 0) is 42.2 Å². The lowest BCUT2D eigenvalue weighted by Gasteiger charge is -2.11. The molecule has 0 bridgehead atoms. The van der Waals surface area contributed by atoms with E-state index in [0.717, 1.165) is 12.1 Å². The average Bonchev–Trinajstić information content (AvgIpc) is 2.54. The third kappa shape index (κ3) is 3.85. The van der Waals surface area contributed by atoms with Gasteiger partial charge in [-0.15, -0.1) is 0 Å². The minimum atomic E-state index is -0.697. The molecule has 1 amide bonds. The third-order valence-electron chi connectivity index (χ3n) is 3.85. The first-order valence-electron chi connectivity index (χ1n) is 7.37. The lowest BCUT2D eigenvalue weighted by Crippen LogP contribution is -2.11. The molecule has 0 heterocycles. The summed E-state index contributed by atoms with van der Waals surface area (Å²) in [6.45, 7) is 4.27. The summed E-state index contributed by atoms with van der Waals surface area (Å²) >= 11 is 0. The highest BCUT2D eigenvalue weighted by Gasteiger charge is 2.16. The molecular formula is C17H19N3O3. The van der Waals surface area contributed by atoms with Crippen LogP contribution in [0.3, 0.4) is 0 Å². The molecule has 1 atom stereocenters. The number of rotatable bonds is 6. The first-order valence-corrected chi connectivity index (χ1v) is 7.37. The van der Waals surface area contributed by atoms with Gasteiger partial charge in [-0.1, -0.05) is 26.0 Å². The number of nitrogens with zero attached hydrogens (tertiary/aromatic N) is 1. The molecule has 0 saturated carbocycles. The Hall–Kier alpha value is -2.89. The first kappa shape index (κ1) is 16.5. The first-order chi connectivity index (χ1) is 10.9. The van der Waals surface area contributed by atoms with Crippen LogP contribution >= 0.6 is 0 Å². The van der Waals surface area contributed by atoms with Crippen molar-refractivity contribution < 1.29 is 9.72 Å². The van der Waals surface area contributed by atoms with Gasteiger partial charge in [0.05, 0.1) is 4.92 Å². The number of nitro benzene ring substituents is 1. The SMILES string of the molecule is CC[C@@H](C)c1ccc(Nc2ccc(C(N)=O)cc2[N+](=O)[O-])cc1. The Kier molecular flexibility index (Phi) is 4.95. The zero-order chi connectivity index (χ0) is 17.0. The van der Waals surface area contributed by atoms with Crippen LogP contribution in [0.2, 0.25) is 0 Å². The molecule has 0 aliphatic heterocycles. The van der Waals surface area contributed by atoms with Crippen molar-refractivity contribution in [3.8, 4) is 0 Å². The van der Waals surface area contributed by atoms with E-state index in [9.17, 15) is 14.9 Å². The van der Waals surface area contributed by atoms with E-state index in [1.54, 1.807) is 0 Å². The van der Waals surface area contributed by atoms with Crippen LogP contribution in [0, 0.1) is 10.1 Å². The second-order valence-corrected chi connectivity index (χ2v) is 5.41. The van der Waals surface area contributed by atoms with Gasteiger partial charge in [0.25, 0.3) is 5.69 Å². The van der Waals surface area contributed by atoms with Crippen molar-refractivity contribution in [2.24, 2.45) is 5.73 Å². The van der Waals surface area contributed by atoms with Crippen molar-refractivity contribution in [1.29, 1.82) is 0 Å². The van der Waals surface area contributed by atoms with Gasteiger partial charge in [0.15, 0.2) is 0 Å². The van der Waals surface area contributed by atoms with Crippen molar-refractivity contribution in [3.63, 3.8) is 0 Å². The minimum absolute atomic E-state index is 0.106. The summed E-state index contributed by atoms with van der Waals surface area (Å²) in [6.07, 6.45) is 1.05. The molecule has 0 radical (unpaired) electrons. The van der Waals surface area contributed by atoms with Gasteiger partial charge in [0, 0.05) is 17.3 Å². The van der Waals surface area contributed by atoms with Crippen molar-refractivity contribution in [2.45, 2.75) is 26.2 Å². The molecule has 2 aromatic carbocycles. The lowest BCUT2D eigenvalue weighted by molar-refractivity contribution is -0.383. The summed E-state index contributed by atoms with van der Waals surface area (Å²) in [4.78, 5) is 21.8. The Morgan fingerprint density at radius 3 is 2.43 bits per heavy atom. The zero-order valence-electron chi connectivity index (χ0n) is 13.1. The molecule has 0 saturated heterocycles. The van der Waals surface area contributed by atoms with E-state index in [4.69, 9.17) is 5.73 Å². The van der Waals surface area contributed by atoms with E-state index in [1.165, 1.54) is 23.8 Å². The topological polar surface area (TPSA) is 98.3 Å². The molecule has 120 valence electrons. The number of anilines is 2. The molecule has 6 nitrogen and oxygen atoms in total. The number of amides is 1. The van der Waals surface area contributed by atoms with Crippen LogP contribution in [-0.2, 0) is 0 Å². The minimum Gasteiger partial charge on any atom is -0.366 e. The summed E-state index contributed by atoms with van der Waals surface area (Å²) in [7, 11) is 0. The van der Waals surface area contributed by atoms with Gasteiger partial charge in [-0.2, -0.15) is 0 Å². The molecular weight excluding hydrogens is 294 g/mol. The molecule has 0 aromatic heterocycles. The van der Waals surface area contributed by atoms with E-state index < -0.39 is 10.8 Å². The summed E-state index contributed by atoms with van der Waals surface area (Å²) in [5.74, 6) is -0.231. The maximum Gasteiger partial charge on any atom is 0.293 e. The summed E-state index contributed by atoms with van der Waals surface area (Å²) in [6, 6.07) is 11.9. The quantitative estimate of drug-likeness (QED) is 0.623. The second-order valence-electron chi connectivity index (χ2n) is 5.41. The van der Waals surface area contributed by atoms with Crippen LogP contribution in [-0.4, -0.2) is 10.8 Å². The smallest absolute Gasteiger partial charge is 0.293 e. The molecule has 2 aromatic rings. The number of hydrogen-bond acceptors (Lipinski definition) is 4. The van der Waals surface area contributed by atoms with E-state index >= 15 is 0 Å². The fourth-order valence-corrected chi connectivity index (χ4v) is 2.23. The van der Waals surface area contributed by atoms with Crippen molar-refractivity contribution in [3.05, 3.63) is 63.7 Å². The molecule has 0 aliphatic rings.